The summed E-state index contributed by atoms with van der Waals surface area (Å²) in [7, 11) is 0. The molecule has 2 heterocycles. The number of carboxylic acids is 1. The summed E-state index contributed by atoms with van der Waals surface area (Å²) in [6, 6.07) is 5.78. The van der Waals surface area contributed by atoms with Gasteiger partial charge in [-0.25, -0.2) is 13.6 Å². The smallest absolute Gasteiger partial charge is 0.341 e. The molecule has 0 saturated carbocycles. The number of rotatable bonds is 3. The van der Waals surface area contributed by atoms with Crippen molar-refractivity contribution in [2.24, 2.45) is 0 Å². The van der Waals surface area contributed by atoms with E-state index in [4.69, 9.17) is 5.11 Å². The van der Waals surface area contributed by atoms with E-state index in [1.165, 1.54) is 16.7 Å². The molecule has 0 atom stereocenters. The summed E-state index contributed by atoms with van der Waals surface area (Å²) in [5, 5.41) is 9.14. The SMILES string of the molecule is O=C(O)c1cn(Cc2c(F)cccc2F)c2ccc(=O)[nH]c2c1=O. The zero-order valence-electron chi connectivity index (χ0n) is 12.0. The maximum Gasteiger partial charge on any atom is 0.341 e. The van der Waals surface area contributed by atoms with Gasteiger partial charge in [0.25, 0.3) is 0 Å². The summed E-state index contributed by atoms with van der Waals surface area (Å²) >= 11 is 0. The number of aromatic amines is 1. The number of benzene rings is 1. The molecule has 1 aromatic carbocycles. The lowest BCUT2D eigenvalue weighted by Gasteiger charge is -2.13. The highest BCUT2D eigenvalue weighted by Crippen LogP contribution is 2.16. The number of fused-ring (bicyclic) bond motifs is 1. The molecule has 122 valence electrons. The average Bonchev–Trinajstić information content (AvgIpc) is 2.53. The Kier molecular flexibility index (Phi) is 3.72. The highest BCUT2D eigenvalue weighted by molar-refractivity contribution is 5.91. The van der Waals surface area contributed by atoms with Gasteiger partial charge in [0.2, 0.25) is 11.0 Å². The summed E-state index contributed by atoms with van der Waals surface area (Å²) < 4.78 is 28.9. The van der Waals surface area contributed by atoms with Gasteiger partial charge in [0, 0.05) is 17.8 Å². The fourth-order valence-electron chi connectivity index (χ4n) is 2.43. The predicted molar refractivity (Wildman–Crippen MR) is 81.2 cm³/mol. The molecule has 0 radical (unpaired) electrons. The van der Waals surface area contributed by atoms with E-state index in [1.807, 2.05) is 0 Å². The first-order chi connectivity index (χ1) is 11.4. The van der Waals surface area contributed by atoms with Crippen molar-refractivity contribution in [3.63, 3.8) is 0 Å². The van der Waals surface area contributed by atoms with Crippen LogP contribution in [0.3, 0.4) is 0 Å². The summed E-state index contributed by atoms with van der Waals surface area (Å²) in [5.74, 6) is -3.11. The van der Waals surface area contributed by atoms with Crippen molar-refractivity contribution in [1.29, 1.82) is 0 Å². The number of H-pyrrole nitrogens is 1. The van der Waals surface area contributed by atoms with E-state index >= 15 is 0 Å². The molecule has 8 heteroatoms. The molecule has 6 nitrogen and oxygen atoms in total. The molecule has 0 fully saturated rings. The Hall–Kier alpha value is -3.29. The van der Waals surface area contributed by atoms with E-state index < -0.39 is 34.2 Å². The minimum atomic E-state index is -1.51. The van der Waals surface area contributed by atoms with Gasteiger partial charge >= 0.3 is 5.97 Å². The molecule has 0 aliphatic carbocycles. The van der Waals surface area contributed by atoms with Gasteiger partial charge in [-0.2, -0.15) is 0 Å². The minimum Gasteiger partial charge on any atom is -0.477 e. The molecule has 0 aliphatic heterocycles. The van der Waals surface area contributed by atoms with Crippen molar-refractivity contribution in [3.05, 3.63) is 79.9 Å². The molecule has 0 unspecified atom stereocenters. The number of aromatic carboxylic acids is 1. The highest BCUT2D eigenvalue weighted by Gasteiger charge is 2.17. The molecule has 0 amide bonds. The van der Waals surface area contributed by atoms with Crippen molar-refractivity contribution in [2.75, 3.05) is 0 Å². The summed E-state index contributed by atoms with van der Waals surface area (Å²) in [4.78, 5) is 37.1. The fourth-order valence-corrected chi connectivity index (χ4v) is 2.43. The van der Waals surface area contributed by atoms with Gasteiger partial charge in [0.1, 0.15) is 22.7 Å². The molecule has 2 aromatic heterocycles. The topological polar surface area (TPSA) is 92.2 Å². The van der Waals surface area contributed by atoms with E-state index in [1.54, 1.807) is 0 Å². The monoisotopic (exact) mass is 332 g/mol. The minimum absolute atomic E-state index is 0.159. The number of carboxylic acid groups (broad SMARTS) is 1. The first kappa shape index (κ1) is 15.6. The quantitative estimate of drug-likeness (QED) is 0.764. The molecule has 2 N–H and O–H groups in total. The summed E-state index contributed by atoms with van der Waals surface area (Å²) in [6.07, 6.45) is 0.997. The Bertz CT molecular complexity index is 1070. The molecule has 0 aliphatic rings. The molecule has 0 spiro atoms. The van der Waals surface area contributed by atoms with Crippen LogP contribution in [0.4, 0.5) is 8.78 Å². The highest BCUT2D eigenvalue weighted by atomic mass is 19.1. The number of carbonyl (C=O) groups is 1. The zero-order chi connectivity index (χ0) is 17.4. The number of aromatic nitrogens is 2. The lowest BCUT2D eigenvalue weighted by atomic mass is 10.1. The van der Waals surface area contributed by atoms with Crippen molar-refractivity contribution < 1.29 is 18.7 Å². The second-order valence-corrected chi connectivity index (χ2v) is 5.09. The predicted octanol–water partition coefficient (Wildman–Crippen LogP) is 1.71. The van der Waals surface area contributed by atoms with Gasteiger partial charge in [0.05, 0.1) is 12.1 Å². The van der Waals surface area contributed by atoms with Gasteiger partial charge in [-0.15, -0.1) is 0 Å². The van der Waals surface area contributed by atoms with Crippen molar-refractivity contribution >= 4 is 17.0 Å². The van der Waals surface area contributed by atoms with Crippen LogP contribution in [-0.4, -0.2) is 20.6 Å². The van der Waals surface area contributed by atoms with Gasteiger partial charge < -0.3 is 14.7 Å². The number of hydrogen-bond donors (Lipinski definition) is 2. The van der Waals surface area contributed by atoms with Crippen LogP contribution in [0, 0.1) is 11.6 Å². The maximum absolute atomic E-state index is 13.8. The third-order valence-corrected chi connectivity index (χ3v) is 3.58. The zero-order valence-corrected chi connectivity index (χ0v) is 12.0. The van der Waals surface area contributed by atoms with Gasteiger partial charge in [-0.1, -0.05) is 6.07 Å². The van der Waals surface area contributed by atoms with Crippen LogP contribution in [0.1, 0.15) is 15.9 Å². The average molecular weight is 332 g/mol. The summed E-state index contributed by atoms with van der Waals surface area (Å²) in [6.45, 7) is -0.346. The molecule has 3 aromatic rings. The molecule has 0 bridgehead atoms. The molecular formula is C16H10F2N2O4. The Morgan fingerprint density at radius 1 is 1.12 bits per heavy atom. The second-order valence-electron chi connectivity index (χ2n) is 5.09. The third kappa shape index (κ3) is 2.58. The van der Waals surface area contributed by atoms with Gasteiger partial charge in [0.15, 0.2) is 0 Å². The number of nitrogens with one attached hydrogen (secondary N) is 1. The molecule has 3 rings (SSSR count). The number of nitrogens with zero attached hydrogens (tertiary/aromatic N) is 1. The normalized spacial score (nSPS) is 10.9. The van der Waals surface area contributed by atoms with Crippen LogP contribution in [0.15, 0.2) is 46.1 Å². The maximum atomic E-state index is 13.8. The Morgan fingerprint density at radius 2 is 1.79 bits per heavy atom. The first-order valence-electron chi connectivity index (χ1n) is 6.81. The van der Waals surface area contributed by atoms with Crippen LogP contribution in [0.2, 0.25) is 0 Å². The van der Waals surface area contributed by atoms with Crippen molar-refractivity contribution in [2.45, 2.75) is 6.54 Å². The van der Waals surface area contributed by atoms with Crippen LogP contribution in [-0.2, 0) is 6.54 Å². The molecule has 24 heavy (non-hydrogen) atoms. The Labute approximate surface area is 132 Å². The second kappa shape index (κ2) is 5.73. The van der Waals surface area contributed by atoms with E-state index in [-0.39, 0.29) is 23.1 Å². The Balaban J connectivity index is 2.31. The number of halogens is 2. The van der Waals surface area contributed by atoms with E-state index in [2.05, 4.69) is 4.98 Å². The number of pyridine rings is 2. The van der Waals surface area contributed by atoms with Crippen LogP contribution in [0.5, 0.6) is 0 Å². The van der Waals surface area contributed by atoms with E-state index in [9.17, 15) is 23.2 Å². The largest absolute Gasteiger partial charge is 0.477 e. The van der Waals surface area contributed by atoms with Crippen LogP contribution in [0.25, 0.3) is 11.0 Å². The third-order valence-electron chi connectivity index (χ3n) is 3.58. The van der Waals surface area contributed by atoms with E-state index in [0.717, 1.165) is 24.4 Å². The lowest BCUT2D eigenvalue weighted by Crippen LogP contribution is -2.22. The van der Waals surface area contributed by atoms with Gasteiger partial charge in [-0.3, -0.25) is 9.59 Å². The molecular weight excluding hydrogens is 322 g/mol. The van der Waals surface area contributed by atoms with Gasteiger partial charge in [-0.05, 0) is 18.2 Å². The standard InChI is InChI=1S/C16H10F2N2O4/c17-10-2-1-3-11(18)8(10)6-20-7-9(16(23)24)15(22)14-12(20)4-5-13(21)19-14/h1-5,7H,6H2,(H,19,21)(H,23,24). The van der Waals surface area contributed by atoms with E-state index in [0.29, 0.717) is 0 Å². The number of hydrogen-bond acceptors (Lipinski definition) is 3. The van der Waals surface area contributed by atoms with Crippen LogP contribution >= 0.6 is 0 Å². The van der Waals surface area contributed by atoms with Crippen molar-refractivity contribution in [3.8, 4) is 0 Å². The van der Waals surface area contributed by atoms with Crippen LogP contribution < -0.4 is 11.0 Å². The lowest BCUT2D eigenvalue weighted by molar-refractivity contribution is 0.0695. The summed E-state index contributed by atoms with van der Waals surface area (Å²) in [5.41, 5.74) is -2.44. The molecule has 0 saturated heterocycles. The fraction of sp³-hybridized carbons (Fsp3) is 0.0625. The van der Waals surface area contributed by atoms with Crippen molar-refractivity contribution in [1.82, 2.24) is 9.55 Å². The first-order valence-corrected chi connectivity index (χ1v) is 6.81. The Morgan fingerprint density at radius 3 is 2.42 bits per heavy atom.